The van der Waals surface area contributed by atoms with E-state index in [1.54, 1.807) is 0 Å². The van der Waals surface area contributed by atoms with Crippen molar-refractivity contribution in [1.29, 1.82) is 0 Å². The summed E-state index contributed by atoms with van der Waals surface area (Å²) in [5.74, 6) is -3.50. The molecule has 0 aliphatic heterocycles. The molecule has 0 unspecified atom stereocenters. The van der Waals surface area contributed by atoms with Crippen LogP contribution in [0.1, 0.15) is 41.4 Å². The molecular formula is C18H16N2O6. The van der Waals surface area contributed by atoms with Gasteiger partial charge in [0, 0.05) is 26.9 Å². The first-order chi connectivity index (χ1) is 12.4. The largest absolute Gasteiger partial charge is 0.462 e. The van der Waals surface area contributed by atoms with Crippen molar-refractivity contribution >= 4 is 23.8 Å². The van der Waals surface area contributed by atoms with E-state index in [1.165, 1.54) is 0 Å². The number of esters is 2. The van der Waals surface area contributed by atoms with Crippen molar-refractivity contribution in [3.8, 4) is 0 Å². The molecule has 0 saturated carbocycles. The lowest BCUT2D eigenvalue weighted by Crippen LogP contribution is -2.30. The first-order valence-corrected chi connectivity index (χ1v) is 7.30. The molecule has 0 aliphatic rings. The minimum atomic E-state index is -0.996. The Labute approximate surface area is 152 Å². The lowest BCUT2D eigenvalue weighted by atomic mass is 9.96. The first-order valence-electron chi connectivity index (χ1n) is 7.30. The molecule has 0 saturated heterocycles. The van der Waals surface area contributed by atoms with Crippen LogP contribution in [0.25, 0.3) is 0 Å². The Hall–Kier alpha value is -2.90. The minimum absolute atomic E-state index is 0.226. The number of hydrogen-bond donors (Lipinski definition) is 2. The van der Waals surface area contributed by atoms with Gasteiger partial charge in [-0.25, -0.2) is 9.59 Å². The average molecular weight is 356 g/mol. The van der Waals surface area contributed by atoms with Gasteiger partial charge in [0.25, 0.3) is 11.8 Å². The van der Waals surface area contributed by atoms with Crippen LogP contribution in [-0.2, 0) is 9.47 Å². The van der Waals surface area contributed by atoms with E-state index in [9.17, 15) is 19.2 Å². The summed E-state index contributed by atoms with van der Waals surface area (Å²) in [5, 5.41) is 4.57. The summed E-state index contributed by atoms with van der Waals surface area (Å²) in [7, 11) is 0. The molecule has 0 atom stereocenters. The lowest BCUT2D eigenvalue weighted by Gasteiger charge is -2.14. The molecule has 2 amide bonds. The highest BCUT2D eigenvalue weighted by molar-refractivity contribution is 6.12. The Bertz CT molecular complexity index is 585. The van der Waals surface area contributed by atoms with E-state index in [-0.39, 0.29) is 35.3 Å². The van der Waals surface area contributed by atoms with E-state index in [0.29, 0.717) is 0 Å². The maximum Gasteiger partial charge on any atom is 0.339 e. The lowest BCUT2D eigenvalue weighted by molar-refractivity contribution is 0.0500. The van der Waals surface area contributed by atoms with E-state index >= 15 is 0 Å². The van der Waals surface area contributed by atoms with Gasteiger partial charge in [-0.05, 0) is 26.0 Å². The maximum atomic E-state index is 12.2. The molecule has 134 valence electrons. The Balaban J connectivity index is 3.63. The fourth-order valence-corrected chi connectivity index (χ4v) is 2.00. The summed E-state index contributed by atoms with van der Waals surface area (Å²) in [6, 6.07) is 2.00. The van der Waals surface area contributed by atoms with Gasteiger partial charge < -0.3 is 20.1 Å². The third-order valence-corrected chi connectivity index (χ3v) is 3.04. The first kappa shape index (κ1) is 21.1. The Morgan fingerprint density at radius 2 is 1.04 bits per heavy atom. The summed E-state index contributed by atoms with van der Waals surface area (Å²) < 4.78 is 9.32. The highest BCUT2D eigenvalue weighted by atomic mass is 16.5. The van der Waals surface area contributed by atoms with E-state index in [2.05, 4.69) is 20.1 Å². The second-order valence-electron chi connectivity index (χ2n) is 4.56. The predicted octanol–water partition coefficient (Wildman–Crippen LogP) is 0.304. The Morgan fingerprint density at radius 1 is 0.692 bits per heavy atom. The van der Waals surface area contributed by atoms with Crippen LogP contribution >= 0.6 is 0 Å². The van der Waals surface area contributed by atoms with Gasteiger partial charge in [0.1, 0.15) is 0 Å². The standard InChI is InChI=1S/C18H16N2O6/c1-5-19-15(21)11-9-13(17(23)25-7-3)14(18(24)26-8-4)10-12(11)16(22)20-6-2/h1-4,9-10H,5-8H2,(H,19,21)(H,20,22). The Morgan fingerprint density at radius 3 is 1.31 bits per heavy atom. The van der Waals surface area contributed by atoms with Gasteiger partial charge in [-0.15, -0.1) is 0 Å². The topological polar surface area (TPSA) is 111 Å². The van der Waals surface area contributed by atoms with Crippen LogP contribution in [0.4, 0.5) is 0 Å². The van der Waals surface area contributed by atoms with Crippen molar-refractivity contribution in [2.75, 3.05) is 26.3 Å². The maximum absolute atomic E-state index is 12.2. The van der Waals surface area contributed by atoms with Crippen molar-refractivity contribution in [3.63, 3.8) is 0 Å². The fraction of sp³-hybridized carbons (Fsp3) is 0.222. The monoisotopic (exact) mass is 356 g/mol. The number of benzene rings is 1. The van der Waals surface area contributed by atoms with Crippen LogP contribution < -0.4 is 10.6 Å². The number of hydrogen-bond acceptors (Lipinski definition) is 6. The Kier molecular flexibility index (Phi) is 8.27. The number of carbonyl (C=O) groups is 4. The van der Waals surface area contributed by atoms with E-state index in [4.69, 9.17) is 27.7 Å². The van der Waals surface area contributed by atoms with Gasteiger partial charge in [-0.2, -0.15) is 0 Å². The normalized spacial score (nSPS) is 10.0. The van der Waals surface area contributed by atoms with Crippen LogP contribution in [0.2, 0.25) is 0 Å². The van der Waals surface area contributed by atoms with Crippen molar-refractivity contribution in [2.45, 2.75) is 0 Å². The highest BCUT2D eigenvalue weighted by Gasteiger charge is 2.26. The second-order valence-corrected chi connectivity index (χ2v) is 4.56. The SMILES string of the molecule is [CH]CNC(=O)c1cc(C(=O)OC[CH])c(C(=O)OC[CH])cc1C(=O)NC[CH]. The van der Waals surface area contributed by atoms with Gasteiger partial charge in [0.2, 0.25) is 0 Å². The molecular weight excluding hydrogens is 340 g/mol. The number of amides is 2. The molecule has 0 aromatic heterocycles. The number of rotatable bonds is 8. The summed E-state index contributed by atoms with van der Waals surface area (Å²) in [6.07, 6.45) is 0. The van der Waals surface area contributed by atoms with Crippen LogP contribution in [0.15, 0.2) is 12.1 Å². The van der Waals surface area contributed by atoms with Crippen LogP contribution in [-0.4, -0.2) is 50.1 Å². The third-order valence-electron chi connectivity index (χ3n) is 3.04. The van der Waals surface area contributed by atoms with Crippen molar-refractivity contribution in [3.05, 3.63) is 62.1 Å². The molecule has 1 aromatic carbocycles. The molecule has 0 aliphatic carbocycles. The number of ether oxygens (including phenoxy) is 2. The smallest absolute Gasteiger partial charge is 0.339 e. The van der Waals surface area contributed by atoms with Gasteiger partial charge in [-0.3, -0.25) is 9.59 Å². The molecule has 0 spiro atoms. The minimum Gasteiger partial charge on any atom is -0.462 e. The second kappa shape index (κ2) is 10.2. The third kappa shape index (κ3) is 5.05. The molecule has 26 heavy (non-hydrogen) atoms. The summed E-state index contributed by atoms with van der Waals surface area (Å²) in [6.45, 7) is 19.5. The zero-order valence-electron chi connectivity index (χ0n) is 13.7. The van der Waals surface area contributed by atoms with Crippen LogP contribution in [0.3, 0.4) is 0 Å². The van der Waals surface area contributed by atoms with E-state index in [1.807, 2.05) is 0 Å². The molecule has 1 aromatic rings. The van der Waals surface area contributed by atoms with Gasteiger partial charge >= 0.3 is 11.9 Å². The zero-order valence-corrected chi connectivity index (χ0v) is 13.7. The average Bonchev–Trinajstić information content (AvgIpc) is 2.61. The molecule has 8 nitrogen and oxygen atoms in total. The van der Waals surface area contributed by atoms with Crippen molar-refractivity contribution in [2.24, 2.45) is 0 Å². The molecule has 2 N–H and O–H groups in total. The molecule has 1 rings (SSSR count). The zero-order chi connectivity index (χ0) is 19.7. The molecule has 8 radical (unpaired) electrons. The summed E-state index contributed by atoms with van der Waals surface area (Å²) in [4.78, 5) is 48.6. The number of carbonyl (C=O) groups excluding carboxylic acids is 4. The van der Waals surface area contributed by atoms with E-state index in [0.717, 1.165) is 12.1 Å². The highest BCUT2D eigenvalue weighted by Crippen LogP contribution is 2.20. The van der Waals surface area contributed by atoms with E-state index < -0.39 is 37.0 Å². The van der Waals surface area contributed by atoms with Crippen LogP contribution in [0, 0.1) is 27.7 Å². The van der Waals surface area contributed by atoms with Gasteiger partial charge in [0.15, 0.2) is 0 Å². The molecule has 0 fully saturated rings. The number of nitrogens with one attached hydrogen (secondary N) is 2. The summed E-state index contributed by atoms with van der Waals surface area (Å²) in [5.41, 5.74) is -1.12. The van der Waals surface area contributed by atoms with Crippen molar-refractivity contribution in [1.82, 2.24) is 10.6 Å². The van der Waals surface area contributed by atoms with Gasteiger partial charge in [-0.1, -0.05) is 0 Å². The van der Waals surface area contributed by atoms with Gasteiger partial charge in [0.05, 0.1) is 35.5 Å². The predicted molar refractivity (Wildman–Crippen MR) is 88.9 cm³/mol. The molecule has 0 bridgehead atoms. The fourth-order valence-electron chi connectivity index (χ4n) is 2.00. The van der Waals surface area contributed by atoms with Crippen molar-refractivity contribution < 1.29 is 28.7 Å². The van der Waals surface area contributed by atoms with Crippen LogP contribution in [0.5, 0.6) is 0 Å². The molecule has 0 heterocycles. The molecule has 8 heteroatoms. The summed E-state index contributed by atoms with van der Waals surface area (Å²) >= 11 is 0. The quantitative estimate of drug-likeness (QED) is 0.649.